The molecule has 0 saturated carbocycles. The molecule has 1 unspecified atom stereocenters. The molecule has 0 aliphatic carbocycles. The zero-order valence-electron chi connectivity index (χ0n) is 11.5. The van der Waals surface area contributed by atoms with Gasteiger partial charge in [-0.15, -0.1) is 0 Å². The van der Waals surface area contributed by atoms with E-state index < -0.39 is 6.10 Å². The lowest BCUT2D eigenvalue weighted by Crippen LogP contribution is -2.06. The molecule has 0 spiro atoms. The largest absolute Gasteiger partial charge is 0.495 e. The Hall–Kier alpha value is -2.66. The van der Waals surface area contributed by atoms with E-state index in [0.29, 0.717) is 17.1 Å². The third kappa shape index (κ3) is 2.64. The lowest BCUT2D eigenvalue weighted by Gasteiger charge is -2.11. The third-order valence-electron chi connectivity index (χ3n) is 3.19. The molecule has 0 aliphatic rings. The Labute approximate surface area is 122 Å². The van der Waals surface area contributed by atoms with Crippen molar-refractivity contribution in [3.05, 3.63) is 72.3 Å². The molecule has 3 rings (SSSR count). The van der Waals surface area contributed by atoms with Gasteiger partial charge < -0.3 is 9.84 Å². The van der Waals surface area contributed by atoms with Crippen LogP contribution in [0.2, 0.25) is 0 Å². The number of ether oxygens (including phenoxy) is 1. The van der Waals surface area contributed by atoms with Crippen molar-refractivity contribution >= 4 is 0 Å². The second-order valence-electron chi connectivity index (χ2n) is 4.51. The highest BCUT2D eigenvalue weighted by Gasteiger charge is 2.19. The molecule has 106 valence electrons. The van der Waals surface area contributed by atoms with E-state index in [1.54, 1.807) is 36.2 Å². The minimum Gasteiger partial charge on any atom is -0.495 e. The number of benzene rings is 1. The lowest BCUT2D eigenvalue weighted by atomic mass is 10.1. The first-order valence-electron chi connectivity index (χ1n) is 6.57. The summed E-state index contributed by atoms with van der Waals surface area (Å²) >= 11 is 0. The number of aliphatic hydroxyl groups is 1. The zero-order valence-corrected chi connectivity index (χ0v) is 11.5. The normalized spacial score (nSPS) is 12.1. The van der Waals surface area contributed by atoms with E-state index in [1.807, 2.05) is 36.5 Å². The first-order chi connectivity index (χ1) is 10.3. The van der Waals surface area contributed by atoms with Crippen LogP contribution >= 0.6 is 0 Å². The van der Waals surface area contributed by atoms with E-state index in [1.165, 1.54) is 0 Å². The van der Waals surface area contributed by atoms with Gasteiger partial charge in [0.1, 0.15) is 17.5 Å². The van der Waals surface area contributed by atoms with Crippen molar-refractivity contribution in [3.8, 4) is 11.4 Å². The summed E-state index contributed by atoms with van der Waals surface area (Å²) in [6, 6.07) is 15.0. The van der Waals surface area contributed by atoms with Crippen LogP contribution < -0.4 is 4.74 Å². The smallest absolute Gasteiger partial charge is 0.143 e. The average molecular weight is 281 g/mol. The maximum Gasteiger partial charge on any atom is 0.143 e. The Bertz CT molecular complexity index is 725. The van der Waals surface area contributed by atoms with Crippen molar-refractivity contribution in [2.75, 3.05) is 7.11 Å². The molecule has 1 aromatic carbocycles. The molecule has 0 radical (unpaired) electrons. The van der Waals surface area contributed by atoms with Crippen LogP contribution in [0.3, 0.4) is 0 Å². The van der Waals surface area contributed by atoms with E-state index in [9.17, 15) is 5.11 Å². The van der Waals surface area contributed by atoms with Gasteiger partial charge in [0, 0.05) is 12.4 Å². The molecule has 0 fully saturated rings. The number of para-hydroxylation sites is 1. The maximum atomic E-state index is 10.4. The molecular formula is C16H15N3O2. The van der Waals surface area contributed by atoms with Crippen LogP contribution in [0.1, 0.15) is 17.5 Å². The number of hydrogen-bond donors (Lipinski definition) is 1. The molecule has 1 N–H and O–H groups in total. The predicted molar refractivity (Wildman–Crippen MR) is 78.4 cm³/mol. The summed E-state index contributed by atoms with van der Waals surface area (Å²) in [5, 5.41) is 14.8. The van der Waals surface area contributed by atoms with Gasteiger partial charge in [0.25, 0.3) is 0 Å². The number of pyridine rings is 1. The Kier molecular flexibility index (Phi) is 3.66. The molecule has 5 heteroatoms. The highest BCUT2D eigenvalue weighted by Crippen LogP contribution is 2.26. The number of hydrogen-bond acceptors (Lipinski definition) is 4. The molecule has 2 aromatic heterocycles. The van der Waals surface area contributed by atoms with E-state index in [4.69, 9.17) is 4.74 Å². The molecule has 0 bridgehead atoms. The maximum absolute atomic E-state index is 10.4. The van der Waals surface area contributed by atoms with Gasteiger partial charge >= 0.3 is 0 Å². The third-order valence-corrected chi connectivity index (χ3v) is 3.19. The number of aliphatic hydroxyl groups excluding tert-OH is 1. The van der Waals surface area contributed by atoms with E-state index >= 15 is 0 Å². The monoisotopic (exact) mass is 281 g/mol. The molecule has 1 atom stereocenters. The molecular weight excluding hydrogens is 266 g/mol. The summed E-state index contributed by atoms with van der Waals surface area (Å²) in [5.41, 5.74) is 1.91. The van der Waals surface area contributed by atoms with Crippen molar-refractivity contribution in [2.24, 2.45) is 0 Å². The van der Waals surface area contributed by atoms with Gasteiger partial charge in [-0.3, -0.25) is 4.98 Å². The lowest BCUT2D eigenvalue weighted by molar-refractivity contribution is 0.204. The summed E-state index contributed by atoms with van der Waals surface area (Å²) in [6.45, 7) is 0. The summed E-state index contributed by atoms with van der Waals surface area (Å²) < 4.78 is 6.94. The van der Waals surface area contributed by atoms with Crippen LogP contribution in [0.4, 0.5) is 0 Å². The standard InChI is InChI=1S/C16H15N3O2/c1-21-14-8-5-10-17-15(14)16(20)13-9-11-19(18-13)12-6-3-2-4-7-12/h2-11,16,20H,1H3. The molecule has 21 heavy (non-hydrogen) atoms. The fraction of sp³-hybridized carbons (Fsp3) is 0.125. The van der Waals surface area contributed by atoms with Crippen molar-refractivity contribution in [2.45, 2.75) is 6.10 Å². The Morgan fingerprint density at radius 3 is 2.67 bits per heavy atom. The minimum atomic E-state index is -0.925. The van der Waals surface area contributed by atoms with Crippen molar-refractivity contribution < 1.29 is 9.84 Å². The Morgan fingerprint density at radius 1 is 1.10 bits per heavy atom. The molecule has 2 heterocycles. The summed E-state index contributed by atoms with van der Waals surface area (Å²) in [4.78, 5) is 4.18. The van der Waals surface area contributed by atoms with Crippen LogP contribution in [0.25, 0.3) is 5.69 Å². The van der Waals surface area contributed by atoms with Crippen molar-refractivity contribution in [1.29, 1.82) is 0 Å². The zero-order chi connectivity index (χ0) is 14.7. The first kappa shape index (κ1) is 13.3. The number of methoxy groups -OCH3 is 1. The van der Waals surface area contributed by atoms with E-state index in [0.717, 1.165) is 5.69 Å². The molecule has 0 amide bonds. The highest BCUT2D eigenvalue weighted by molar-refractivity contribution is 5.34. The minimum absolute atomic E-state index is 0.457. The SMILES string of the molecule is COc1cccnc1C(O)c1ccn(-c2ccccc2)n1. The van der Waals surface area contributed by atoms with Gasteiger partial charge in [0.15, 0.2) is 0 Å². The summed E-state index contributed by atoms with van der Waals surface area (Å²) in [7, 11) is 1.55. The van der Waals surface area contributed by atoms with Crippen molar-refractivity contribution in [3.63, 3.8) is 0 Å². The molecule has 5 nitrogen and oxygen atoms in total. The second kappa shape index (κ2) is 5.76. The van der Waals surface area contributed by atoms with Crippen LogP contribution in [-0.4, -0.2) is 27.0 Å². The molecule has 3 aromatic rings. The van der Waals surface area contributed by atoms with E-state index in [2.05, 4.69) is 10.1 Å². The van der Waals surface area contributed by atoms with Gasteiger partial charge in [-0.2, -0.15) is 5.10 Å². The second-order valence-corrected chi connectivity index (χ2v) is 4.51. The van der Waals surface area contributed by atoms with Gasteiger partial charge in [-0.1, -0.05) is 18.2 Å². The summed E-state index contributed by atoms with van der Waals surface area (Å²) in [5.74, 6) is 0.541. The average Bonchev–Trinajstić information content (AvgIpc) is 3.05. The van der Waals surface area contributed by atoms with Crippen molar-refractivity contribution in [1.82, 2.24) is 14.8 Å². The van der Waals surface area contributed by atoms with Gasteiger partial charge in [-0.25, -0.2) is 4.68 Å². The van der Waals surface area contributed by atoms with Crippen LogP contribution in [0.5, 0.6) is 5.75 Å². The molecule has 0 saturated heterocycles. The molecule has 0 aliphatic heterocycles. The van der Waals surface area contributed by atoms with Crippen LogP contribution in [-0.2, 0) is 0 Å². The Balaban J connectivity index is 1.93. The predicted octanol–water partition coefficient (Wildman–Crippen LogP) is 2.36. The summed E-state index contributed by atoms with van der Waals surface area (Å²) in [6.07, 6.45) is 2.50. The van der Waals surface area contributed by atoms with Crippen LogP contribution in [0.15, 0.2) is 60.9 Å². The number of rotatable bonds is 4. The fourth-order valence-electron chi connectivity index (χ4n) is 2.13. The quantitative estimate of drug-likeness (QED) is 0.797. The van der Waals surface area contributed by atoms with E-state index in [-0.39, 0.29) is 0 Å². The van der Waals surface area contributed by atoms with Gasteiger partial charge in [0.2, 0.25) is 0 Å². The van der Waals surface area contributed by atoms with Crippen LogP contribution in [0, 0.1) is 0 Å². The fourth-order valence-corrected chi connectivity index (χ4v) is 2.13. The number of nitrogens with zero attached hydrogens (tertiary/aromatic N) is 3. The number of aromatic nitrogens is 3. The first-order valence-corrected chi connectivity index (χ1v) is 6.57. The highest BCUT2D eigenvalue weighted by atomic mass is 16.5. The van der Waals surface area contributed by atoms with Gasteiger partial charge in [0.05, 0.1) is 18.5 Å². The van der Waals surface area contributed by atoms with Gasteiger partial charge in [-0.05, 0) is 30.3 Å². The topological polar surface area (TPSA) is 60.2 Å². The Morgan fingerprint density at radius 2 is 1.90 bits per heavy atom.